The second-order valence-corrected chi connectivity index (χ2v) is 7.15. The van der Waals surface area contributed by atoms with Gasteiger partial charge in [0.15, 0.2) is 0 Å². The van der Waals surface area contributed by atoms with Gasteiger partial charge in [0.05, 0.1) is 23.1 Å². The van der Waals surface area contributed by atoms with Gasteiger partial charge >= 0.3 is 6.61 Å². The highest BCUT2D eigenvalue weighted by Gasteiger charge is 2.35. The Morgan fingerprint density at radius 1 is 1.32 bits per heavy atom. The van der Waals surface area contributed by atoms with Gasteiger partial charge in [-0.05, 0) is 36.8 Å². The van der Waals surface area contributed by atoms with Crippen molar-refractivity contribution in [2.75, 3.05) is 0 Å². The van der Waals surface area contributed by atoms with Gasteiger partial charge in [0.1, 0.15) is 11.6 Å². The highest BCUT2D eigenvalue weighted by Crippen LogP contribution is 2.45. The summed E-state index contributed by atoms with van der Waals surface area (Å²) in [6.07, 6.45) is 0.535. The monoisotopic (exact) mass is 427 g/mol. The minimum atomic E-state index is -2.91. The molecule has 0 bridgehead atoms. The Morgan fingerprint density at radius 2 is 2.12 bits per heavy atom. The van der Waals surface area contributed by atoms with Crippen molar-refractivity contribution in [1.82, 2.24) is 9.55 Å². The predicted octanol–water partition coefficient (Wildman–Crippen LogP) is 5.05. The fourth-order valence-corrected chi connectivity index (χ4v) is 4.19. The maximum Gasteiger partial charge on any atom is 0.387 e. The Hall–Kier alpha value is -1.70. The summed E-state index contributed by atoms with van der Waals surface area (Å²) >= 11 is 9.59. The average molecular weight is 429 g/mol. The minimum absolute atomic E-state index is 0.123. The van der Waals surface area contributed by atoms with Gasteiger partial charge < -0.3 is 15.0 Å². The lowest BCUT2D eigenvalue weighted by Gasteiger charge is -2.20. The van der Waals surface area contributed by atoms with E-state index >= 15 is 0 Å². The molecule has 1 aliphatic rings. The van der Waals surface area contributed by atoms with Gasteiger partial charge in [0, 0.05) is 15.1 Å². The number of alkyl halides is 2. The van der Waals surface area contributed by atoms with Crippen molar-refractivity contribution in [3.63, 3.8) is 0 Å². The maximum absolute atomic E-state index is 12.8. The van der Waals surface area contributed by atoms with Gasteiger partial charge in [-0.2, -0.15) is 8.78 Å². The summed E-state index contributed by atoms with van der Waals surface area (Å²) in [5.41, 5.74) is 8.46. The van der Waals surface area contributed by atoms with Gasteiger partial charge in [0.25, 0.3) is 0 Å². The van der Waals surface area contributed by atoms with Crippen LogP contribution in [0, 0.1) is 0 Å². The zero-order valence-corrected chi connectivity index (χ0v) is 15.1. The van der Waals surface area contributed by atoms with Crippen molar-refractivity contribution in [2.45, 2.75) is 25.1 Å². The van der Waals surface area contributed by atoms with Crippen LogP contribution in [0.2, 0.25) is 5.02 Å². The number of ether oxygens (including phenoxy) is 1. The molecule has 0 aliphatic carbocycles. The number of benzene rings is 2. The fraction of sp³-hybridized carbons (Fsp3) is 0.235. The average Bonchev–Trinajstić information content (AvgIpc) is 3.05. The van der Waals surface area contributed by atoms with Crippen LogP contribution >= 0.6 is 27.5 Å². The molecule has 130 valence electrons. The molecular weight excluding hydrogens is 416 g/mol. The first kappa shape index (κ1) is 16.8. The molecule has 0 spiro atoms. The van der Waals surface area contributed by atoms with Crippen LogP contribution in [0.5, 0.6) is 5.75 Å². The SMILES string of the molecule is NC1C[C@H](c2c(Br)cccc2OC(F)F)n2c1nc1ccc(Cl)cc12. The smallest absolute Gasteiger partial charge is 0.387 e. The zero-order chi connectivity index (χ0) is 17.7. The van der Waals surface area contributed by atoms with Crippen LogP contribution in [-0.2, 0) is 0 Å². The second kappa shape index (κ2) is 6.23. The molecule has 1 unspecified atom stereocenters. The Balaban J connectivity index is 1.93. The highest BCUT2D eigenvalue weighted by molar-refractivity contribution is 9.10. The molecule has 1 aromatic heterocycles. The predicted molar refractivity (Wildman–Crippen MR) is 95.2 cm³/mol. The standard InChI is InChI=1S/C17H13BrClF2N3O/c18-9-2-1-3-14(25-17(20)21)15(9)13-7-10(22)16-23-11-5-4-8(19)6-12(11)24(13)16/h1-6,10,13,17H,7,22H2/t10?,13-/m1/s1. The number of nitrogens with two attached hydrogens (primary N) is 1. The molecular formula is C17H13BrClF2N3O. The molecule has 3 aromatic rings. The van der Waals surface area contributed by atoms with E-state index in [2.05, 4.69) is 20.9 Å². The Morgan fingerprint density at radius 3 is 2.88 bits per heavy atom. The lowest BCUT2D eigenvalue weighted by Crippen LogP contribution is -2.11. The van der Waals surface area contributed by atoms with Crippen LogP contribution in [0.25, 0.3) is 11.0 Å². The molecule has 2 atom stereocenters. The molecule has 2 heterocycles. The first-order valence-electron chi connectivity index (χ1n) is 7.62. The number of nitrogens with zero attached hydrogens (tertiary/aromatic N) is 2. The fourth-order valence-electron chi connectivity index (χ4n) is 3.41. The normalized spacial score (nSPS) is 19.6. The van der Waals surface area contributed by atoms with E-state index in [4.69, 9.17) is 22.1 Å². The molecule has 2 N–H and O–H groups in total. The number of aromatic nitrogens is 2. The third-order valence-corrected chi connectivity index (χ3v) is 5.29. The maximum atomic E-state index is 12.8. The summed E-state index contributed by atoms with van der Waals surface area (Å²) in [6.45, 7) is -2.91. The third-order valence-electron chi connectivity index (χ3n) is 4.36. The van der Waals surface area contributed by atoms with Crippen LogP contribution in [0.15, 0.2) is 40.9 Å². The highest BCUT2D eigenvalue weighted by atomic mass is 79.9. The topological polar surface area (TPSA) is 53.1 Å². The van der Waals surface area contributed by atoms with E-state index in [-0.39, 0.29) is 17.8 Å². The molecule has 4 rings (SSSR count). The van der Waals surface area contributed by atoms with Crippen molar-refractivity contribution in [3.05, 3.63) is 57.3 Å². The van der Waals surface area contributed by atoms with E-state index in [1.54, 1.807) is 18.2 Å². The number of halogens is 4. The summed E-state index contributed by atoms with van der Waals surface area (Å²) in [5, 5.41) is 0.575. The lowest BCUT2D eigenvalue weighted by atomic mass is 10.0. The first-order chi connectivity index (χ1) is 12.0. The quantitative estimate of drug-likeness (QED) is 0.635. The Labute approximate surface area is 155 Å². The van der Waals surface area contributed by atoms with E-state index in [9.17, 15) is 8.78 Å². The second-order valence-electron chi connectivity index (χ2n) is 5.86. The largest absolute Gasteiger partial charge is 0.434 e. The van der Waals surface area contributed by atoms with Crippen molar-refractivity contribution in [2.24, 2.45) is 5.73 Å². The van der Waals surface area contributed by atoms with Crippen molar-refractivity contribution in [3.8, 4) is 5.75 Å². The Kier molecular flexibility index (Phi) is 4.17. The number of rotatable bonds is 3. The van der Waals surface area contributed by atoms with Gasteiger partial charge in [0.2, 0.25) is 0 Å². The molecule has 0 saturated carbocycles. The number of hydrogen-bond donors (Lipinski definition) is 1. The summed E-state index contributed by atoms with van der Waals surface area (Å²) in [4.78, 5) is 4.59. The van der Waals surface area contributed by atoms with Gasteiger partial charge in [-0.25, -0.2) is 4.98 Å². The van der Waals surface area contributed by atoms with Gasteiger partial charge in [-0.3, -0.25) is 0 Å². The van der Waals surface area contributed by atoms with E-state index < -0.39 is 6.61 Å². The van der Waals surface area contributed by atoms with Crippen LogP contribution < -0.4 is 10.5 Å². The van der Waals surface area contributed by atoms with E-state index in [1.165, 1.54) is 6.07 Å². The van der Waals surface area contributed by atoms with Crippen LogP contribution in [-0.4, -0.2) is 16.2 Å². The van der Waals surface area contributed by atoms with E-state index in [1.807, 2.05) is 16.7 Å². The number of fused-ring (bicyclic) bond motifs is 3. The van der Waals surface area contributed by atoms with E-state index in [0.717, 1.165) is 11.0 Å². The molecule has 1 aliphatic heterocycles. The molecule has 25 heavy (non-hydrogen) atoms. The summed E-state index contributed by atoms with van der Waals surface area (Å²) in [6, 6.07) is 9.79. The lowest BCUT2D eigenvalue weighted by molar-refractivity contribution is -0.0507. The molecule has 0 saturated heterocycles. The number of imidazole rings is 1. The van der Waals surface area contributed by atoms with E-state index in [0.29, 0.717) is 27.3 Å². The molecule has 0 amide bonds. The van der Waals surface area contributed by atoms with Gasteiger partial charge in [-0.1, -0.05) is 33.6 Å². The van der Waals surface area contributed by atoms with Gasteiger partial charge in [-0.15, -0.1) is 0 Å². The number of hydrogen-bond acceptors (Lipinski definition) is 3. The van der Waals surface area contributed by atoms with Crippen LogP contribution in [0.1, 0.15) is 29.9 Å². The zero-order valence-electron chi connectivity index (χ0n) is 12.8. The minimum Gasteiger partial charge on any atom is -0.434 e. The molecule has 0 radical (unpaired) electrons. The van der Waals surface area contributed by atoms with Crippen molar-refractivity contribution in [1.29, 1.82) is 0 Å². The molecule has 0 fully saturated rings. The van der Waals surface area contributed by atoms with Crippen LogP contribution in [0.4, 0.5) is 8.78 Å². The summed E-state index contributed by atoms with van der Waals surface area (Å²) < 4.78 is 33.1. The molecule has 4 nitrogen and oxygen atoms in total. The van der Waals surface area contributed by atoms with Crippen molar-refractivity contribution < 1.29 is 13.5 Å². The Bertz CT molecular complexity index is 962. The van der Waals surface area contributed by atoms with Crippen LogP contribution in [0.3, 0.4) is 0 Å². The molecule has 2 aromatic carbocycles. The third kappa shape index (κ3) is 2.80. The summed E-state index contributed by atoms with van der Waals surface area (Å²) in [5.74, 6) is 0.833. The van der Waals surface area contributed by atoms with Crippen molar-refractivity contribution >= 4 is 38.6 Å². The molecule has 8 heteroatoms. The first-order valence-corrected chi connectivity index (χ1v) is 8.79. The summed E-state index contributed by atoms with van der Waals surface area (Å²) in [7, 11) is 0.